The Bertz CT molecular complexity index is 366. The van der Waals surface area contributed by atoms with E-state index in [1.165, 1.54) is 0 Å². The standard InChI is InChI=1S/C16H31N3O2/c1-15(2,3)12-16(4,5)18-14(21)17-9-8-13(20)19-10-6-7-11-19/h6-12H2,1-5H3,(H2,17,18,21). The highest BCUT2D eigenvalue weighted by Gasteiger charge is 2.27. The fraction of sp³-hybridized carbons (Fsp3) is 0.875. The highest BCUT2D eigenvalue weighted by molar-refractivity contribution is 5.78. The van der Waals surface area contributed by atoms with Crippen LogP contribution in [-0.4, -0.2) is 42.0 Å². The lowest BCUT2D eigenvalue weighted by atomic mass is 9.82. The number of nitrogens with one attached hydrogen (secondary N) is 2. The molecule has 0 bridgehead atoms. The van der Waals surface area contributed by atoms with Gasteiger partial charge in [0, 0.05) is 31.6 Å². The first kappa shape index (κ1) is 17.8. The van der Waals surface area contributed by atoms with E-state index in [0.717, 1.165) is 32.4 Å². The van der Waals surface area contributed by atoms with Gasteiger partial charge >= 0.3 is 6.03 Å². The van der Waals surface area contributed by atoms with Gasteiger partial charge in [0.25, 0.3) is 0 Å². The third kappa shape index (κ3) is 7.34. The monoisotopic (exact) mass is 297 g/mol. The topological polar surface area (TPSA) is 61.4 Å². The molecule has 0 spiro atoms. The number of nitrogens with zero attached hydrogens (tertiary/aromatic N) is 1. The number of carbonyl (C=O) groups excluding carboxylic acids is 2. The van der Waals surface area contributed by atoms with E-state index >= 15 is 0 Å². The molecule has 1 saturated heterocycles. The van der Waals surface area contributed by atoms with E-state index in [-0.39, 0.29) is 22.9 Å². The van der Waals surface area contributed by atoms with E-state index in [2.05, 4.69) is 31.4 Å². The summed E-state index contributed by atoms with van der Waals surface area (Å²) in [6.45, 7) is 12.6. The first-order chi connectivity index (χ1) is 9.59. The second-order valence-electron chi connectivity index (χ2n) is 7.84. The summed E-state index contributed by atoms with van der Waals surface area (Å²) in [6, 6.07) is -0.196. The van der Waals surface area contributed by atoms with Crippen molar-refractivity contribution < 1.29 is 9.59 Å². The zero-order chi connectivity index (χ0) is 16.1. The predicted molar refractivity (Wildman–Crippen MR) is 85.1 cm³/mol. The third-order valence-corrected chi connectivity index (χ3v) is 3.51. The number of hydrogen-bond acceptors (Lipinski definition) is 2. The first-order valence-electron chi connectivity index (χ1n) is 7.93. The molecule has 0 aromatic rings. The van der Waals surface area contributed by atoms with Gasteiger partial charge in [0.15, 0.2) is 0 Å². The number of hydrogen-bond donors (Lipinski definition) is 2. The maximum absolute atomic E-state index is 11.9. The summed E-state index contributed by atoms with van der Waals surface area (Å²) in [5.74, 6) is 0.141. The fourth-order valence-corrected chi connectivity index (χ4v) is 3.13. The quantitative estimate of drug-likeness (QED) is 0.819. The largest absolute Gasteiger partial charge is 0.343 e. The lowest BCUT2D eigenvalue weighted by molar-refractivity contribution is -0.129. The van der Waals surface area contributed by atoms with Gasteiger partial charge in [-0.05, 0) is 38.5 Å². The smallest absolute Gasteiger partial charge is 0.315 e. The van der Waals surface area contributed by atoms with Crippen molar-refractivity contribution in [1.29, 1.82) is 0 Å². The van der Waals surface area contributed by atoms with Crippen LogP contribution in [0, 0.1) is 5.41 Å². The molecule has 1 aliphatic heterocycles. The predicted octanol–water partition coefficient (Wildman–Crippen LogP) is 2.51. The zero-order valence-electron chi connectivity index (χ0n) is 14.2. The molecule has 1 heterocycles. The molecule has 3 amide bonds. The van der Waals surface area contributed by atoms with Crippen molar-refractivity contribution in [2.24, 2.45) is 5.41 Å². The van der Waals surface area contributed by atoms with Gasteiger partial charge in [-0.25, -0.2) is 4.79 Å². The average Bonchev–Trinajstić information content (AvgIpc) is 2.77. The molecule has 122 valence electrons. The Morgan fingerprint density at radius 3 is 2.14 bits per heavy atom. The molecule has 2 N–H and O–H groups in total. The molecule has 0 aromatic carbocycles. The van der Waals surface area contributed by atoms with Crippen molar-refractivity contribution in [3.05, 3.63) is 0 Å². The molecule has 0 radical (unpaired) electrons. The zero-order valence-corrected chi connectivity index (χ0v) is 14.2. The summed E-state index contributed by atoms with van der Waals surface area (Å²) in [4.78, 5) is 25.6. The van der Waals surface area contributed by atoms with Crippen LogP contribution in [0.2, 0.25) is 0 Å². The van der Waals surface area contributed by atoms with Crippen molar-refractivity contribution in [2.45, 2.75) is 65.8 Å². The van der Waals surface area contributed by atoms with Crippen LogP contribution < -0.4 is 10.6 Å². The van der Waals surface area contributed by atoms with E-state index < -0.39 is 0 Å². The minimum Gasteiger partial charge on any atom is -0.343 e. The molecule has 0 aromatic heterocycles. The van der Waals surface area contributed by atoms with E-state index in [1.54, 1.807) is 0 Å². The van der Waals surface area contributed by atoms with Crippen LogP contribution in [0.3, 0.4) is 0 Å². The summed E-state index contributed by atoms with van der Waals surface area (Å²) in [5, 5.41) is 5.76. The summed E-state index contributed by atoms with van der Waals surface area (Å²) in [5.41, 5.74) is -0.107. The highest BCUT2D eigenvalue weighted by Crippen LogP contribution is 2.26. The van der Waals surface area contributed by atoms with Crippen LogP contribution >= 0.6 is 0 Å². The number of urea groups is 1. The molecule has 1 rings (SSSR count). The van der Waals surface area contributed by atoms with E-state index in [9.17, 15) is 9.59 Å². The second-order valence-corrected chi connectivity index (χ2v) is 7.84. The molecule has 0 aliphatic carbocycles. The minimum absolute atomic E-state index is 0.141. The Morgan fingerprint density at radius 1 is 1.05 bits per heavy atom. The van der Waals surface area contributed by atoms with Crippen LogP contribution in [-0.2, 0) is 4.79 Å². The lowest BCUT2D eigenvalue weighted by Gasteiger charge is -2.33. The number of carbonyl (C=O) groups is 2. The van der Waals surface area contributed by atoms with Gasteiger partial charge in [0.05, 0.1) is 0 Å². The Kier molecular flexibility index (Phi) is 6.05. The third-order valence-electron chi connectivity index (χ3n) is 3.51. The van der Waals surface area contributed by atoms with E-state index in [1.807, 2.05) is 18.7 Å². The maximum Gasteiger partial charge on any atom is 0.315 e. The van der Waals surface area contributed by atoms with Gasteiger partial charge in [-0.2, -0.15) is 0 Å². The molecule has 1 aliphatic rings. The van der Waals surface area contributed by atoms with Crippen LogP contribution in [0.5, 0.6) is 0 Å². The van der Waals surface area contributed by atoms with E-state index in [4.69, 9.17) is 0 Å². The van der Waals surface area contributed by atoms with Crippen molar-refractivity contribution in [3.8, 4) is 0 Å². The molecular formula is C16H31N3O2. The molecule has 1 fully saturated rings. The Labute approximate surface area is 128 Å². The SMILES string of the molecule is CC(C)(C)CC(C)(C)NC(=O)NCCC(=O)N1CCCC1. The van der Waals surface area contributed by atoms with Gasteiger partial charge in [-0.3, -0.25) is 4.79 Å². The van der Waals surface area contributed by atoms with Crippen LogP contribution in [0.1, 0.15) is 60.3 Å². The summed E-state index contributed by atoms with van der Waals surface area (Å²) < 4.78 is 0. The lowest BCUT2D eigenvalue weighted by Crippen LogP contribution is -2.50. The maximum atomic E-state index is 11.9. The summed E-state index contributed by atoms with van der Waals surface area (Å²) in [7, 11) is 0. The van der Waals surface area contributed by atoms with Gasteiger partial charge in [0.2, 0.25) is 5.91 Å². The minimum atomic E-state index is -0.263. The molecule has 0 unspecified atom stereocenters. The van der Waals surface area contributed by atoms with Gasteiger partial charge in [-0.15, -0.1) is 0 Å². The fourth-order valence-electron chi connectivity index (χ4n) is 3.13. The van der Waals surface area contributed by atoms with Gasteiger partial charge in [-0.1, -0.05) is 20.8 Å². The summed E-state index contributed by atoms with van der Waals surface area (Å²) in [6.07, 6.45) is 3.47. The van der Waals surface area contributed by atoms with Crippen molar-refractivity contribution in [1.82, 2.24) is 15.5 Å². The van der Waals surface area contributed by atoms with E-state index in [0.29, 0.717) is 13.0 Å². The molecule has 21 heavy (non-hydrogen) atoms. The molecule has 5 nitrogen and oxygen atoms in total. The molecular weight excluding hydrogens is 266 g/mol. The van der Waals surface area contributed by atoms with Crippen molar-refractivity contribution in [3.63, 3.8) is 0 Å². The average molecular weight is 297 g/mol. The highest BCUT2D eigenvalue weighted by atomic mass is 16.2. The molecule has 0 saturated carbocycles. The molecule has 5 heteroatoms. The number of amides is 3. The first-order valence-corrected chi connectivity index (χ1v) is 7.93. The second kappa shape index (κ2) is 7.14. The van der Waals surface area contributed by atoms with Crippen LogP contribution in [0.25, 0.3) is 0 Å². The Hall–Kier alpha value is -1.26. The van der Waals surface area contributed by atoms with Gasteiger partial charge < -0.3 is 15.5 Å². The number of rotatable bonds is 5. The Balaban J connectivity index is 2.25. The normalized spacial score (nSPS) is 16.0. The molecule has 0 atom stereocenters. The van der Waals surface area contributed by atoms with Crippen LogP contribution in [0.4, 0.5) is 4.79 Å². The Morgan fingerprint density at radius 2 is 1.62 bits per heavy atom. The van der Waals surface area contributed by atoms with Crippen molar-refractivity contribution >= 4 is 11.9 Å². The summed E-state index contributed by atoms with van der Waals surface area (Å²) >= 11 is 0. The van der Waals surface area contributed by atoms with Crippen molar-refractivity contribution in [2.75, 3.05) is 19.6 Å². The number of likely N-dealkylation sites (tertiary alicyclic amines) is 1. The van der Waals surface area contributed by atoms with Gasteiger partial charge in [0.1, 0.15) is 0 Å². The van der Waals surface area contributed by atoms with Crippen LogP contribution in [0.15, 0.2) is 0 Å².